The van der Waals surface area contributed by atoms with Gasteiger partial charge in [-0.2, -0.15) is 0 Å². The van der Waals surface area contributed by atoms with E-state index in [2.05, 4.69) is 36.2 Å². The Bertz CT molecular complexity index is 809. The molecular weight excluding hydrogens is 372 g/mol. The third-order valence-corrected chi connectivity index (χ3v) is 5.81. The lowest BCUT2D eigenvalue weighted by atomic mass is 9.96. The van der Waals surface area contributed by atoms with Crippen LogP contribution in [0, 0.1) is 19.8 Å². The summed E-state index contributed by atoms with van der Waals surface area (Å²) in [6, 6.07) is 14.0. The predicted octanol–water partition coefficient (Wildman–Crippen LogP) is 4.36. The van der Waals surface area contributed by atoms with E-state index in [4.69, 9.17) is 16.3 Å². The first-order chi connectivity index (χ1) is 13.5. The van der Waals surface area contributed by atoms with Crippen molar-refractivity contribution in [3.8, 4) is 5.75 Å². The zero-order valence-corrected chi connectivity index (χ0v) is 17.5. The third-order valence-electron chi connectivity index (χ3n) is 5.44. The Hall–Kier alpha value is -2.04. The van der Waals surface area contributed by atoms with E-state index in [1.807, 2.05) is 30.3 Å². The molecule has 0 radical (unpaired) electrons. The number of nitrogens with one attached hydrogen (secondary N) is 1. The molecule has 0 saturated carbocycles. The summed E-state index contributed by atoms with van der Waals surface area (Å²) >= 11 is 6.28. The Morgan fingerprint density at radius 3 is 2.86 bits per heavy atom. The molecule has 1 heterocycles. The lowest BCUT2D eigenvalue weighted by Gasteiger charge is -2.32. The number of rotatable bonds is 7. The lowest BCUT2D eigenvalue weighted by Crippen LogP contribution is -2.43. The van der Waals surface area contributed by atoms with Gasteiger partial charge in [-0.15, -0.1) is 0 Å². The molecule has 0 spiro atoms. The Morgan fingerprint density at radius 2 is 2.04 bits per heavy atom. The van der Waals surface area contributed by atoms with E-state index in [9.17, 15) is 4.79 Å². The minimum Gasteiger partial charge on any atom is -0.491 e. The standard InChI is InChI=1S/C23H29ClN2O2/c1-17-7-5-11-22(18(17)2)28-14-12-25-23(27)20-9-6-13-26(16-20)15-19-8-3-4-10-21(19)24/h3-5,7-8,10-11,20H,6,9,12-16H2,1-2H3,(H,25,27). The maximum absolute atomic E-state index is 12.6. The minimum atomic E-state index is 0.0249. The van der Waals surface area contributed by atoms with Gasteiger partial charge in [-0.3, -0.25) is 9.69 Å². The highest BCUT2D eigenvalue weighted by Gasteiger charge is 2.25. The van der Waals surface area contributed by atoms with Crippen molar-refractivity contribution < 1.29 is 9.53 Å². The fourth-order valence-electron chi connectivity index (χ4n) is 3.64. The van der Waals surface area contributed by atoms with Crippen LogP contribution in [0.3, 0.4) is 0 Å². The first-order valence-electron chi connectivity index (χ1n) is 9.97. The first-order valence-corrected chi connectivity index (χ1v) is 10.3. The summed E-state index contributed by atoms with van der Waals surface area (Å²) in [6.07, 6.45) is 1.96. The first kappa shape index (κ1) is 20.7. The smallest absolute Gasteiger partial charge is 0.224 e. The Balaban J connectivity index is 1.44. The van der Waals surface area contributed by atoms with Gasteiger partial charge < -0.3 is 10.1 Å². The second-order valence-electron chi connectivity index (χ2n) is 7.50. The molecule has 28 heavy (non-hydrogen) atoms. The molecule has 3 rings (SSSR count). The molecule has 0 aliphatic carbocycles. The summed E-state index contributed by atoms with van der Waals surface area (Å²) in [5, 5.41) is 3.83. The number of amides is 1. The zero-order valence-electron chi connectivity index (χ0n) is 16.7. The summed E-state index contributed by atoms with van der Waals surface area (Å²) in [5.74, 6) is 1.03. The number of hydrogen-bond acceptors (Lipinski definition) is 3. The molecule has 4 nitrogen and oxygen atoms in total. The van der Waals surface area contributed by atoms with Crippen molar-refractivity contribution in [2.24, 2.45) is 5.92 Å². The molecule has 1 fully saturated rings. The molecule has 1 amide bonds. The number of halogens is 1. The van der Waals surface area contributed by atoms with E-state index < -0.39 is 0 Å². The molecule has 150 valence electrons. The zero-order chi connectivity index (χ0) is 19.9. The van der Waals surface area contributed by atoms with E-state index in [-0.39, 0.29) is 11.8 Å². The third kappa shape index (κ3) is 5.49. The van der Waals surface area contributed by atoms with Crippen LogP contribution in [0.25, 0.3) is 0 Å². The number of ether oxygens (including phenoxy) is 1. The van der Waals surface area contributed by atoms with Crippen LogP contribution in [0.15, 0.2) is 42.5 Å². The largest absolute Gasteiger partial charge is 0.491 e. The van der Waals surface area contributed by atoms with Crippen LogP contribution in [0.2, 0.25) is 5.02 Å². The predicted molar refractivity (Wildman–Crippen MR) is 114 cm³/mol. The molecule has 1 aliphatic rings. The number of benzene rings is 2. The van der Waals surface area contributed by atoms with E-state index in [1.165, 1.54) is 5.56 Å². The average molecular weight is 401 g/mol. The van der Waals surface area contributed by atoms with Crippen molar-refractivity contribution in [1.82, 2.24) is 10.2 Å². The molecule has 2 aromatic rings. The highest BCUT2D eigenvalue weighted by atomic mass is 35.5. The van der Waals surface area contributed by atoms with Gasteiger partial charge >= 0.3 is 0 Å². The molecule has 1 atom stereocenters. The molecule has 1 saturated heterocycles. The maximum Gasteiger partial charge on any atom is 0.224 e. The molecule has 0 aromatic heterocycles. The normalized spacial score (nSPS) is 17.3. The van der Waals surface area contributed by atoms with Crippen LogP contribution in [-0.4, -0.2) is 37.0 Å². The Labute approximate surface area is 172 Å². The summed E-state index contributed by atoms with van der Waals surface area (Å²) in [7, 11) is 0. The van der Waals surface area contributed by atoms with Crippen molar-refractivity contribution in [3.05, 3.63) is 64.2 Å². The van der Waals surface area contributed by atoms with Crippen molar-refractivity contribution in [2.45, 2.75) is 33.2 Å². The summed E-state index contributed by atoms with van der Waals surface area (Å²) in [5.41, 5.74) is 3.48. The molecule has 1 N–H and O–H groups in total. The maximum atomic E-state index is 12.6. The number of carbonyl (C=O) groups excluding carboxylic acids is 1. The van der Waals surface area contributed by atoms with Crippen molar-refractivity contribution in [3.63, 3.8) is 0 Å². The monoisotopic (exact) mass is 400 g/mol. The van der Waals surface area contributed by atoms with Crippen LogP contribution < -0.4 is 10.1 Å². The molecular formula is C23H29ClN2O2. The number of hydrogen-bond donors (Lipinski definition) is 1. The van der Waals surface area contributed by atoms with Gasteiger partial charge in [-0.25, -0.2) is 0 Å². The van der Waals surface area contributed by atoms with Crippen molar-refractivity contribution in [2.75, 3.05) is 26.2 Å². The van der Waals surface area contributed by atoms with Crippen LogP contribution in [-0.2, 0) is 11.3 Å². The highest BCUT2D eigenvalue weighted by Crippen LogP contribution is 2.22. The Kier molecular flexibility index (Phi) is 7.35. The average Bonchev–Trinajstić information content (AvgIpc) is 2.70. The van der Waals surface area contributed by atoms with Gasteiger partial charge in [0.25, 0.3) is 0 Å². The molecule has 1 unspecified atom stereocenters. The topological polar surface area (TPSA) is 41.6 Å². The molecule has 1 aliphatic heterocycles. The second kappa shape index (κ2) is 9.94. The lowest BCUT2D eigenvalue weighted by molar-refractivity contribution is -0.126. The number of nitrogens with zero attached hydrogens (tertiary/aromatic N) is 1. The quantitative estimate of drug-likeness (QED) is 0.702. The summed E-state index contributed by atoms with van der Waals surface area (Å²) in [4.78, 5) is 14.9. The highest BCUT2D eigenvalue weighted by molar-refractivity contribution is 6.31. The summed E-state index contributed by atoms with van der Waals surface area (Å²) < 4.78 is 5.83. The SMILES string of the molecule is Cc1cccc(OCCNC(=O)C2CCCN(Cc3ccccc3Cl)C2)c1C. The number of carbonyl (C=O) groups is 1. The van der Waals surface area contributed by atoms with E-state index in [0.717, 1.165) is 54.4 Å². The van der Waals surface area contributed by atoms with Gasteiger partial charge in [-0.05, 0) is 62.1 Å². The van der Waals surface area contributed by atoms with Gasteiger partial charge in [0, 0.05) is 18.1 Å². The second-order valence-corrected chi connectivity index (χ2v) is 7.91. The molecule has 0 bridgehead atoms. The van der Waals surface area contributed by atoms with Gasteiger partial charge in [0.15, 0.2) is 0 Å². The van der Waals surface area contributed by atoms with Crippen LogP contribution >= 0.6 is 11.6 Å². The minimum absolute atomic E-state index is 0.0249. The van der Waals surface area contributed by atoms with E-state index in [1.54, 1.807) is 0 Å². The number of piperidine rings is 1. The summed E-state index contributed by atoms with van der Waals surface area (Å²) in [6.45, 7) is 7.69. The van der Waals surface area contributed by atoms with Crippen molar-refractivity contribution >= 4 is 17.5 Å². The van der Waals surface area contributed by atoms with Gasteiger partial charge in [0.2, 0.25) is 5.91 Å². The van der Waals surface area contributed by atoms with Crippen LogP contribution in [0.5, 0.6) is 5.75 Å². The molecule has 5 heteroatoms. The number of aryl methyl sites for hydroxylation is 1. The fourth-order valence-corrected chi connectivity index (χ4v) is 3.84. The van der Waals surface area contributed by atoms with Gasteiger partial charge in [-0.1, -0.05) is 41.9 Å². The van der Waals surface area contributed by atoms with Crippen molar-refractivity contribution in [1.29, 1.82) is 0 Å². The number of likely N-dealkylation sites (tertiary alicyclic amines) is 1. The van der Waals surface area contributed by atoms with Crippen LogP contribution in [0.1, 0.15) is 29.5 Å². The fraction of sp³-hybridized carbons (Fsp3) is 0.435. The Morgan fingerprint density at radius 1 is 1.21 bits per heavy atom. The van der Waals surface area contributed by atoms with Crippen LogP contribution in [0.4, 0.5) is 0 Å². The van der Waals surface area contributed by atoms with E-state index in [0.29, 0.717) is 13.2 Å². The van der Waals surface area contributed by atoms with Gasteiger partial charge in [0.1, 0.15) is 12.4 Å². The van der Waals surface area contributed by atoms with E-state index >= 15 is 0 Å². The molecule has 2 aromatic carbocycles. The van der Waals surface area contributed by atoms with Gasteiger partial charge in [0.05, 0.1) is 12.5 Å².